The van der Waals surface area contributed by atoms with E-state index in [4.69, 9.17) is 14.2 Å². The van der Waals surface area contributed by atoms with Gasteiger partial charge in [-0.05, 0) is 69.4 Å². The largest absolute Gasteiger partial charge is 0.491 e. The number of hydrogen-bond donors (Lipinski definition) is 0. The minimum absolute atomic E-state index is 0.0388. The van der Waals surface area contributed by atoms with E-state index in [0.29, 0.717) is 25.2 Å². The van der Waals surface area contributed by atoms with Crippen LogP contribution in [-0.4, -0.2) is 25.9 Å². The van der Waals surface area contributed by atoms with Crippen LogP contribution in [0.15, 0.2) is 12.1 Å². The molecule has 2 aliphatic rings. The summed E-state index contributed by atoms with van der Waals surface area (Å²) < 4.78 is 44.3. The van der Waals surface area contributed by atoms with Crippen LogP contribution in [0.25, 0.3) is 0 Å². The molecule has 0 radical (unpaired) electrons. The molecule has 0 heterocycles. The topological polar surface area (TPSA) is 27.7 Å². The van der Waals surface area contributed by atoms with E-state index in [0.717, 1.165) is 38.2 Å². The molecule has 0 atom stereocenters. The standard InChI is InChI=1S/C19H26F2O3/c1-2-22-16-9-10-17(19(21)18(16)20)24-12-14-5-7-15(8-6-14)23-11-13-3-4-13/h9-10,13-15H,2-8,11-12H2,1H3. The lowest BCUT2D eigenvalue weighted by molar-refractivity contribution is 0.00732. The third kappa shape index (κ3) is 4.59. The van der Waals surface area contributed by atoms with Gasteiger partial charge in [0.05, 0.1) is 19.3 Å². The lowest BCUT2D eigenvalue weighted by Gasteiger charge is -2.28. The van der Waals surface area contributed by atoms with Gasteiger partial charge in [-0.3, -0.25) is 0 Å². The molecule has 0 amide bonds. The van der Waals surface area contributed by atoms with Crippen molar-refractivity contribution in [2.75, 3.05) is 19.8 Å². The molecule has 0 bridgehead atoms. The average molecular weight is 340 g/mol. The molecular formula is C19H26F2O3. The second-order valence-corrected chi connectivity index (χ2v) is 6.85. The summed E-state index contributed by atoms with van der Waals surface area (Å²) in [6.45, 7) is 3.34. The number of hydrogen-bond acceptors (Lipinski definition) is 3. The molecule has 3 rings (SSSR count). The minimum atomic E-state index is -0.980. The van der Waals surface area contributed by atoms with Crippen molar-refractivity contribution in [3.63, 3.8) is 0 Å². The lowest BCUT2D eigenvalue weighted by Crippen LogP contribution is -2.25. The SMILES string of the molecule is CCOc1ccc(OCC2CCC(OCC3CC3)CC2)c(F)c1F. The van der Waals surface area contributed by atoms with Gasteiger partial charge in [0.2, 0.25) is 11.6 Å². The maximum Gasteiger partial charge on any atom is 0.204 e. The van der Waals surface area contributed by atoms with Crippen molar-refractivity contribution in [2.24, 2.45) is 11.8 Å². The van der Waals surface area contributed by atoms with E-state index in [1.54, 1.807) is 6.92 Å². The van der Waals surface area contributed by atoms with Gasteiger partial charge in [0.15, 0.2) is 11.5 Å². The fourth-order valence-electron chi connectivity index (χ4n) is 3.12. The molecule has 0 spiro atoms. The van der Waals surface area contributed by atoms with Crippen LogP contribution < -0.4 is 9.47 Å². The number of rotatable bonds is 8. The molecule has 5 heteroatoms. The highest BCUT2D eigenvalue weighted by atomic mass is 19.2. The Bertz CT molecular complexity index is 538. The van der Waals surface area contributed by atoms with Crippen molar-refractivity contribution in [3.05, 3.63) is 23.8 Å². The summed E-state index contributed by atoms with van der Waals surface area (Å²) in [6.07, 6.45) is 7.07. The molecular weight excluding hydrogens is 314 g/mol. The van der Waals surface area contributed by atoms with Crippen LogP contribution in [0, 0.1) is 23.5 Å². The van der Waals surface area contributed by atoms with E-state index in [9.17, 15) is 8.78 Å². The molecule has 0 unspecified atom stereocenters. The Hall–Kier alpha value is -1.36. The first-order valence-corrected chi connectivity index (χ1v) is 9.02. The van der Waals surface area contributed by atoms with Gasteiger partial charge in [-0.2, -0.15) is 8.78 Å². The van der Waals surface area contributed by atoms with Crippen molar-refractivity contribution in [1.29, 1.82) is 0 Å². The summed E-state index contributed by atoms with van der Waals surface area (Å²) in [7, 11) is 0. The monoisotopic (exact) mass is 340 g/mol. The molecule has 2 fully saturated rings. The van der Waals surface area contributed by atoms with E-state index in [1.807, 2.05) is 0 Å². The molecule has 1 aromatic rings. The molecule has 0 saturated heterocycles. The molecule has 0 aliphatic heterocycles. The van der Waals surface area contributed by atoms with Crippen molar-refractivity contribution >= 4 is 0 Å². The Labute approximate surface area is 142 Å². The summed E-state index contributed by atoms with van der Waals surface area (Å²) in [5.41, 5.74) is 0. The number of halogens is 2. The molecule has 134 valence electrons. The van der Waals surface area contributed by atoms with Crippen molar-refractivity contribution in [2.45, 2.75) is 51.6 Å². The summed E-state index contributed by atoms with van der Waals surface area (Å²) in [6, 6.07) is 2.85. The summed E-state index contributed by atoms with van der Waals surface area (Å²) in [4.78, 5) is 0. The van der Waals surface area contributed by atoms with E-state index >= 15 is 0 Å². The van der Waals surface area contributed by atoms with Crippen LogP contribution >= 0.6 is 0 Å². The van der Waals surface area contributed by atoms with Crippen molar-refractivity contribution < 1.29 is 23.0 Å². The lowest BCUT2D eigenvalue weighted by atomic mass is 9.88. The zero-order chi connectivity index (χ0) is 16.9. The zero-order valence-corrected chi connectivity index (χ0v) is 14.2. The molecule has 3 nitrogen and oxygen atoms in total. The van der Waals surface area contributed by atoms with Gasteiger partial charge in [-0.1, -0.05) is 0 Å². The quantitative estimate of drug-likeness (QED) is 0.685. The third-order valence-corrected chi connectivity index (χ3v) is 4.84. The molecule has 24 heavy (non-hydrogen) atoms. The predicted molar refractivity (Wildman–Crippen MR) is 87.4 cm³/mol. The summed E-state index contributed by atoms with van der Waals surface area (Å²) >= 11 is 0. The molecule has 0 aromatic heterocycles. The van der Waals surface area contributed by atoms with Gasteiger partial charge in [0.1, 0.15) is 0 Å². The first-order chi connectivity index (χ1) is 11.7. The maximum absolute atomic E-state index is 14.0. The normalized spacial score (nSPS) is 24.0. The Morgan fingerprint density at radius 2 is 1.38 bits per heavy atom. The van der Waals surface area contributed by atoms with E-state index in [1.165, 1.54) is 25.0 Å². The number of ether oxygens (including phenoxy) is 3. The van der Waals surface area contributed by atoms with Crippen LogP contribution in [-0.2, 0) is 4.74 Å². The smallest absolute Gasteiger partial charge is 0.204 e. The van der Waals surface area contributed by atoms with Gasteiger partial charge in [-0.15, -0.1) is 0 Å². The van der Waals surface area contributed by atoms with Crippen molar-refractivity contribution in [3.8, 4) is 11.5 Å². The maximum atomic E-state index is 14.0. The van der Waals surface area contributed by atoms with Gasteiger partial charge in [0.25, 0.3) is 0 Å². The van der Waals surface area contributed by atoms with Gasteiger partial charge in [0, 0.05) is 6.61 Å². The van der Waals surface area contributed by atoms with E-state index in [-0.39, 0.29) is 11.5 Å². The summed E-state index contributed by atoms with van der Waals surface area (Å²) in [5, 5.41) is 0. The minimum Gasteiger partial charge on any atom is -0.491 e. The molecule has 0 N–H and O–H groups in total. The van der Waals surface area contributed by atoms with E-state index in [2.05, 4.69) is 0 Å². The Kier molecular flexibility index (Phi) is 5.93. The van der Waals surface area contributed by atoms with Crippen LogP contribution in [0.3, 0.4) is 0 Å². The Morgan fingerprint density at radius 3 is 1.96 bits per heavy atom. The van der Waals surface area contributed by atoms with Gasteiger partial charge >= 0.3 is 0 Å². The van der Waals surface area contributed by atoms with Gasteiger partial charge in [-0.25, -0.2) is 0 Å². The second-order valence-electron chi connectivity index (χ2n) is 6.85. The molecule has 2 aliphatic carbocycles. The third-order valence-electron chi connectivity index (χ3n) is 4.84. The predicted octanol–water partition coefficient (Wildman–Crippen LogP) is 4.73. The summed E-state index contributed by atoms with van der Waals surface area (Å²) in [5.74, 6) is -0.893. The van der Waals surface area contributed by atoms with Gasteiger partial charge < -0.3 is 14.2 Å². The van der Waals surface area contributed by atoms with Crippen LogP contribution in [0.5, 0.6) is 11.5 Å². The zero-order valence-electron chi connectivity index (χ0n) is 14.2. The highest BCUT2D eigenvalue weighted by Crippen LogP contribution is 2.33. The van der Waals surface area contributed by atoms with E-state index < -0.39 is 11.6 Å². The first kappa shape index (κ1) is 17.5. The highest BCUT2D eigenvalue weighted by molar-refractivity contribution is 5.35. The molecule has 1 aromatic carbocycles. The van der Waals surface area contributed by atoms with Crippen molar-refractivity contribution in [1.82, 2.24) is 0 Å². The second kappa shape index (κ2) is 8.15. The fourth-order valence-corrected chi connectivity index (χ4v) is 3.12. The number of benzene rings is 1. The van der Waals surface area contributed by atoms with Crippen LogP contribution in [0.1, 0.15) is 45.4 Å². The highest BCUT2D eigenvalue weighted by Gasteiger charge is 2.26. The Morgan fingerprint density at radius 1 is 0.833 bits per heavy atom. The molecule has 2 saturated carbocycles. The average Bonchev–Trinajstić information content (AvgIpc) is 3.42. The fraction of sp³-hybridized carbons (Fsp3) is 0.684. The van der Waals surface area contributed by atoms with Crippen LogP contribution in [0.2, 0.25) is 0 Å². The first-order valence-electron chi connectivity index (χ1n) is 9.02. The van der Waals surface area contributed by atoms with Crippen LogP contribution in [0.4, 0.5) is 8.78 Å². The Balaban J connectivity index is 1.43.